The van der Waals surface area contributed by atoms with Gasteiger partial charge < -0.3 is 0 Å². The Kier molecular flexibility index (Phi) is 7.51. The van der Waals surface area contributed by atoms with Gasteiger partial charge in [0.25, 0.3) is 0 Å². The maximum absolute atomic E-state index is 6.11. The summed E-state index contributed by atoms with van der Waals surface area (Å²) in [7, 11) is 0. The molecule has 12 heavy (non-hydrogen) atoms. The maximum atomic E-state index is 6.11. The molecule has 1 nitrogen and oxygen atoms in total. The average molecular weight is 208 g/mol. The van der Waals surface area contributed by atoms with Crippen LogP contribution in [0.3, 0.4) is 0 Å². The van der Waals surface area contributed by atoms with Gasteiger partial charge in [-0.1, -0.05) is 0 Å². The van der Waals surface area contributed by atoms with Gasteiger partial charge in [0.2, 0.25) is 0 Å². The van der Waals surface area contributed by atoms with Crippen LogP contribution < -0.4 is 0 Å². The van der Waals surface area contributed by atoms with E-state index in [0.29, 0.717) is 0 Å². The van der Waals surface area contributed by atoms with Crippen LogP contribution in [0.25, 0.3) is 0 Å². The Morgan fingerprint density at radius 1 is 0.917 bits per heavy atom. The Bertz CT molecular complexity index is 91.7. The number of unbranched alkanes of at least 4 members (excludes halogenated alkanes) is 1. The second kappa shape index (κ2) is 7.11. The van der Waals surface area contributed by atoms with Gasteiger partial charge >= 0.3 is 81.6 Å². The summed E-state index contributed by atoms with van der Waals surface area (Å²) in [6.07, 6.45) is 2.50. The van der Waals surface area contributed by atoms with Crippen LogP contribution >= 0.6 is 0 Å². The first-order valence-corrected chi connectivity index (χ1v) is 9.33. The van der Waals surface area contributed by atoms with Gasteiger partial charge in [-0.3, -0.25) is 0 Å². The molecule has 0 spiro atoms. The summed E-state index contributed by atoms with van der Waals surface area (Å²) >= 11 is -1.76. The van der Waals surface area contributed by atoms with Gasteiger partial charge in [-0.2, -0.15) is 0 Å². The third-order valence-electron chi connectivity index (χ3n) is 2.84. The van der Waals surface area contributed by atoms with E-state index in [1.807, 2.05) is 0 Å². The summed E-state index contributed by atoms with van der Waals surface area (Å²) in [6, 6.07) is 0. The molecule has 0 N–H and O–H groups in total. The van der Waals surface area contributed by atoms with E-state index in [1.165, 1.54) is 27.0 Å². The Balaban J connectivity index is 3.76. The van der Waals surface area contributed by atoms with Crippen molar-refractivity contribution in [2.75, 3.05) is 6.61 Å². The average Bonchev–Trinajstić information content (AvgIpc) is 2.14. The molecule has 0 amide bonds. The summed E-state index contributed by atoms with van der Waals surface area (Å²) < 4.78 is 10.1. The fourth-order valence-electron chi connectivity index (χ4n) is 1.49. The van der Waals surface area contributed by atoms with Crippen molar-refractivity contribution in [3.8, 4) is 0 Å². The van der Waals surface area contributed by atoms with Crippen molar-refractivity contribution in [3.05, 3.63) is 0 Å². The molecule has 74 valence electrons. The second-order valence-corrected chi connectivity index (χ2v) is 10.9. The van der Waals surface area contributed by atoms with E-state index < -0.39 is 17.0 Å². The molecule has 0 aliphatic carbocycles. The van der Waals surface area contributed by atoms with Crippen molar-refractivity contribution >= 4 is 0 Å². The van der Waals surface area contributed by atoms with Gasteiger partial charge in [-0.25, -0.2) is 0 Å². The normalized spacial score (nSPS) is 12.0. The molecule has 0 aromatic carbocycles. The van der Waals surface area contributed by atoms with Crippen LogP contribution in [0.1, 0.15) is 40.5 Å². The SMILES string of the molecule is CCCC[O][Ti]([CH2]C)([CH2]C)[CH2]C. The van der Waals surface area contributed by atoms with Crippen molar-refractivity contribution < 1.29 is 20.3 Å². The Hall–Kier alpha value is 0.674. The molecule has 0 unspecified atom stereocenters. The Labute approximate surface area is 81.7 Å². The minimum absolute atomic E-state index is 1.02. The van der Waals surface area contributed by atoms with Crippen molar-refractivity contribution in [2.24, 2.45) is 0 Å². The van der Waals surface area contributed by atoms with E-state index in [-0.39, 0.29) is 0 Å². The summed E-state index contributed by atoms with van der Waals surface area (Å²) in [5.41, 5.74) is 0. The molecule has 0 aromatic rings. The van der Waals surface area contributed by atoms with E-state index in [9.17, 15) is 0 Å². The summed E-state index contributed by atoms with van der Waals surface area (Å²) in [5, 5.41) is 0. The second-order valence-electron chi connectivity index (χ2n) is 3.45. The van der Waals surface area contributed by atoms with E-state index in [1.54, 1.807) is 0 Å². The third-order valence-corrected chi connectivity index (χ3v) is 10.2. The van der Waals surface area contributed by atoms with Crippen LogP contribution in [0.15, 0.2) is 0 Å². The van der Waals surface area contributed by atoms with Crippen molar-refractivity contribution in [1.29, 1.82) is 0 Å². The number of hydrogen-bond donors (Lipinski definition) is 0. The fourth-order valence-corrected chi connectivity index (χ4v) is 5.69. The zero-order valence-corrected chi connectivity index (χ0v) is 10.7. The zero-order valence-electron chi connectivity index (χ0n) is 9.15. The van der Waals surface area contributed by atoms with E-state index in [4.69, 9.17) is 3.32 Å². The van der Waals surface area contributed by atoms with E-state index >= 15 is 0 Å². The predicted molar refractivity (Wildman–Crippen MR) is 52.3 cm³/mol. The van der Waals surface area contributed by atoms with E-state index in [2.05, 4.69) is 27.7 Å². The van der Waals surface area contributed by atoms with Gasteiger partial charge in [-0.05, 0) is 0 Å². The summed E-state index contributed by atoms with van der Waals surface area (Å²) in [4.78, 5) is 0. The molecule has 0 bridgehead atoms. The molecule has 0 aliphatic rings. The molecule has 2 heteroatoms. The van der Waals surface area contributed by atoms with E-state index in [0.717, 1.165) is 6.61 Å². The molecule has 0 atom stereocenters. The zero-order chi connectivity index (χ0) is 9.45. The molecule has 0 saturated carbocycles. The Morgan fingerprint density at radius 2 is 1.42 bits per heavy atom. The van der Waals surface area contributed by atoms with Gasteiger partial charge in [0, 0.05) is 0 Å². The monoisotopic (exact) mass is 208 g/mol. The molecule has 0 aromatic heterocycles. The first kappa shape index (κ1) is 12.7. The molecule has 0 saturated heterocycles. The van der Waals surface area contributed by atoms with Gasteiger partial charge in [0.15, 0.2) is 0 Å². The molecule has 0 fully saturated rings. The van der Waals surface area contributed by atoms with Gasteiger partial charge in [-0.15, -0.1) is 0 Å². The molecule has 0 heterocycles. The molecule has 0 radical (unpaired) electrons. The van der Waals surface area contributed by atoms with Crippen LogP contribution in [0, 0.1) is 0 Å². The number of hydrogen-bond acceptors (Lipinski definition) is 1. The van der Waals surface area contributed by atoms with Crippen LogP contribution in [0.4, 0.5) is 0 Å². The molecule has 0 rings (SSSR count). The third kappa shape index (κ3) is 4.07. The quantitative estimate of drug-likeness (QED) is 0.450. The van der Waals surface area contributed by atoms with Gasteiger partial charge in [0.05, 0.1) is 0 Å². The van der Waals surface area contributed by atoms with Crippen LogP contribution in [-0.2, 0) is 20.3 Å². The summed E-state index contributed by atoms with van der Waals surface area (Å²) in [5.74, 6) is 0. The minimum atomic E-state index is -1.76. The topological polar surface area (TPSA) is 9.23 Å². The standard InChI is InChI=1S/C4H9O.3C2H5.Ti/c1-2-3-4-5;3*1-2;/h2-4H2,1H3;3*1H2,2H3;/q-1;;;;+1. The van der Waals surface area contributed by atoms with Crippen LogP contribution in [-0.4, -0.2) is 6.61 Å². The first-order chi connectivity index (χ1) is 5.74. The van der Waals surface area contributed by atoms with Crippen LogP contribution in [0.5, 0.6) is 0 Å². The molecular weight excluding hydrogens is 184 g/mol. The summed E-state index contributed by atoms with van der Waals surface area (Å²) in [6.45, 7) is 10.2. The van der Waals surface area contributed by atoms with Gasteiger partial charge in [0.1, 0.15) is 0 Å². The molecular formula is C10H24OTi. The number of rotatable bonds is 7. The van der Waals surface area contributed by atoms with Crippen molar-refractivity contribution in [3.63, 3.8) is 0 Å². The van der Waals surface area contributed by atoms with Crippen molar-refractivity contribution in [1.82, 2.24) is 0 Å². The Morgan fingerprint density at radius 3 is 1.75 bits per heavy atom. The van der Waals surface area contributed by atoms with Crippen LogP contribution in [0.2, 0.25) is 14.2 Å². The van der Waals surface area contributed by atoms with Crippen molar-refractivity contribution in [2.45, 2.75) is 54.7 Å². The first-order valence-electron chi connectivity index (χ1n) is 5.38. The molecule has 0 aliphatic heterocycles. The predicted octanol–water partition coefficient (Wildman–Crippen LogP) is 4.19. The fraction of sp³-hybridized carbons (Fsp3) is 1.00.